The normalized spacial score (nSPS) is 20.1. The second-order valence-electron chi connectivity index (χ2n) is 8.63. The van der Waals surface area contributed by atoms with E-state index in [-0.39, 0.29) is 30.9 Å². The molecule has 1 aromatic carbocycles. The van der Waals surface area contributed by atoms with Gasteiger partial charge in [0.2, 0.25) is 0 Å². The summed E-state index contributed by atoms with van der Waals surface area (Å²) in [5.74, 6) is 0.114. The molecule has 1 saturated carbocycles. The van der Waals surface area contributed by atoms with Crippen LogP contribution in [-0.4, -0.2) is 48.0 Å². The number of aliphatic hydroxyl groups excluding tert-OH is 2. The molecule has 0 amide bonds. The first-order valence-corrected chi connectivity index (χ1v) is 11.0. The smallest absolute Gasteiger partial charge is 0.394 e. The fourth-order valence-electron chi connectivity index (χ4n) is 4.60. The molecule has 4 aromatic rings. The van der Waals surface area contributed by atoms with E-state index in [0.717, 1.165) is 4.52 Å². The van der Waals surface area contributed by atoms with Gasteiger partial charge in [-0.3, -0.25) is 4.98 Å². The van der Waals surface area contributed by atoms with Gasteiger partial charge in [0.05, 0.1) is 29.5 Å². The lowest BCUT2D eigenvalue weighted by molar-refractivity contribution is -0.141. The van der Waals surface area contributed by atoms with Crippen LogP contribution in [0.4, 0.5) is 19.0 Å². The first kappa shape index (κ1) is 23.3. The summed E-state index contributed by atoms with van der Waals surface area (Å²) < 4.78 is 42.2. The SMILES string of the molecule is Cc1nc2c(C#N)c(C(F)(F)F)nn2c(NC2(CO)CC(O)C2)c1-c1ccnc2cc(Cl)ccc12. The van der Waals surface area contributed by atoms with Gasteiger partial charge < -0.3 is 15.5 Å². The Hall–Kier alpha value is -3.46. The van der Waals surface area contributed by atoms with E-state index in [9.17, 15) is 28.6 Å². The van der Waals surface area contributed by atoms with Crippen LogP contribution in [0, 0.1) is 18.3 Å². The number of aryl methyl sites for hydroxylation is 1. The van der Waals surface area contributed by atoms with E-state index >= 15 is 0 Å². The van der Waals surface area contributed by atoms with Gasteiger partial charge in [-0.25, -0.2) is 4.98 Å². The lowest BCUT2D eigenvalue weighted by atomic mass is 9.74. The maximum atomic E-state index is 13.7. The molecule has 0 bridgehead atoms. The first-order valence-electron chi connectivity index (χ1n) is 10.6. The Kier molecular flexibility index (Phi) is 5.36. The Labute approximate surface area is 201 Å². The summed E-state index contributed by atoms with van der Waals surface area (Å²) in [5, 5.41) is 37.5. The molecule has 0 atom stereocenters. The Balaban J connectivity index is 1.87. The van der Waals surface area contributed by atoms with Crippen LogP contribution in [0.15, 0.2) is 30.5 Å². The minimum Gasteiger partial charge on any atom is -0.394 e. The third-order valence-electron chi connectivity index (χ3n) is 6.24. The van der Waals surface area contributed by atoms with Crippen molar-refractivity contribution < 1.29 is 23.4 Å². The Morgan fingerprint density at radius 3 is 2.69 bits per heavy atom. The van der Waals surface area contributed by atoms with Crippen LogP contribution < -0.4 is 5.32 Å². The molecular weight excluding hydrogens is 485 g/mol. The van der Waals surface area contributed by atoms with Gasteiger partial charge in [0.1, 0.15) is 17.5 Å². The standard InChI is InChI=1S/C23H18ClF3N6O2/c1-11-18(15-4-5-29-17-6-12(24)2-3-14(15)17)21(31-22(10-34)7-13(35)8-22)33-20(30-11)16(9-28)19(32-33)23(25,26)27/h2-6,13,31,34-35H,7-8,10H2,1H3. The average Bonchev–Trinajstić information content (AvgIpc) is 3.16. The van der Waals surface area contributed by atoms with Crippen molar-refractivity contribution in [2.45, 2.75) is 37.6 Å². The second kappa shape index (κ2) is 8.05. The van der Waals surface area contributed by atoms with Crippen LogP contribution in [-0.2, 0) is 6.18 Å². The van der Waals surface area contributed by atoms with E-state index in [0.29, 0.717) is 32.7 Å². The highest BCUT2D eigenvalue weighted by atomic mass is 35.5. The number of pyridine rings is 1. The van der Waals surface area contributed by atoms with Gasteiger partial charge in [0.25, 0.3) is 0 Å². The van der Waals surface area contributed by atoms with Crippen molar-refractivity contribution in [3.63, 3.8) is 0 Å². The van der Waals surface area contributed by atoms with Crippen LogP contribution in [0.2, 0.25) is 5.02 Å². The van der Waals surface area contributed by atoms with Crippen LogP contribution in [0.5, 0.6) is 0 Å². The number of aliphatic hydroxyl groups is 2. The third kappa shape index (κ3) is 3.74. The molecule has 0 aliphatic heterocycles. The molecule has 1 aliphatic rings. The minimum absolute atomic E-state index is 0.114. The highest BCUT2D eigenvalue weighted by Gasteiger charge is 2.45. The highest BCUT2D eigenvalue weighted by Crippen LogP contribution is 2.42. The lowest BCUT2D eigenvalue weighted by Gasteiger charge is -2.45. The predicted octanol–water partition coefficient (Wildman–Crippen LogP) is 4.09. The van der Waals surface area contributed by atoms with Crippen molar-refractivity contribution in [1.82, 2.24) is 19.6 Å². The molecule has 1 aliphatic carbocycles. The molecule has 0 radical (unpaired) electrons. The largest absolute Gasteiger partial charge is 0.436 e. The summed E-state index contributed by atoms with van der Waals surface area (Å²) in [5.41, 5.74) is -1.40. The summed E-state index contributed by atoms with van der Waals surface area (Å²) in [6.45, 7) is 1.24. The molecule has 5 rings (SSSR count). The van der Waals surface area contributed by atoms with Gasteiger partial charge >= 0.3 is 6.18 Å². The summed E-state index contributed by atoms with van der Waals surface area (Å²) in [7, 11) is 0. The molecule has 0 saturated heterocycles. The van der Waals surface area contributed by atoms with E-state index < -0.39 is 29.1 Å². The molecule has 0 unspecified atom stereocenters. The minimum atomic E-state index is -4.88. The number of halogens is 4. The topological polar surface area (TPSA) is 119 Å². The van der Waals surface area contributed by atoms with E-state index in [4.69, 9.17) is 11.6 Å². The zero-order valence-corrected chi connectivity index (χ0v) is 19.0. The molecule has 3 N–H and O–H groups in total. The number of fused-ring (bicyclic) bond motifs is 2. The Morgan fingerprint density at radius 2 is 2.06 bits per heavy atom. The van der Waals surface area contributed by atoms with Gasteiger partial charge in [0, 0.05) is 22.2 Å². The monoisotopic (exact) mass is 502 g/mol. The number of nitrogens with zero attached hydrogens (tertiary/aromatic N) is 5. The van der Waals surface area contributed by atoms with Gasteiger partial charge in [-0.2, -0.15) is 28.0 Å². The van der Waals surface area contributed by atoms with E-state index in [1.165, 1.54) is 0 Å². The summed E-state index contributed by atoms with van der Waals surface area (Å²) >= 11 is 6.12. The number of anilines is 1. The van der Waals surface area contributed by atoms with Crippen molar-refractivity contribution in [2.75, 3.05) is 11.9 Å². The highest BCUT2D eigenvalue weighted by molar-refractivity contribution is 6.31. The van der Waals surface area contributed by atoms with Crippen molar-refractivity contribution in [1.29, 1.82) is 5.26 Å². The van der Waals surface area contributed by atoms with Crippen molar-refractivity contribution >= 4 is 34.0 Å². The summed E-state index contributed by atoms with van der Waals surface area (Å²) in [6.07, 6.45) is -3.65. The number of hydrogen-bond donors (Lipinski definition) is 3. The third-order valence-corrected chi connectivity index (χ3v) is 6.47. The summed E-state index contributed by atoms with van der Waals surface area (Å²) in [6, 6.07) is 8.35. The van der Waals surface area contributed by atoms with Crippen LogP contribution in [0.25, 0.3) is 27.7 Å². The van der Waals surface area contributed by atoms with Gasteiger partial charge in [-0.05, 0) is 43.5 Å². The molecule has 180 valence electrons. The Bertz CT molecular complexity index is 1520. The van der Waals surface area contributed by atoms with Gasteiger partial charge in [-0.15, -0.1) is 0 Å². The lowest BCUT2D eigenvalue weighted by Crippen LogP contribution is -2.56. The number of aromatic nitrogens is 4. The van der Waals surface area contributed by atoms with Crippen LogP contribution in [0.3, 0.4) is 0 Å². The number of benzene rings is 1. The molecule has 3 aromatic heterocycles. The molecule has 35 heavy (non-hydrogen) atoms. The molecular formula is C23H18ClF3N6O2. The average molecular weight is 503 g/mol. The fourth-order valence-corrected chi connectivity index (χ4v) is 4.77. The number of alkyl halides is 3. The molecule has 1 fully saturated rings. The van der Waals surface area contributed by atoms with Crippen molar-refractivity contribution in [3.05, 3.63) is 52.4 Å². The zero-order chi connectivity index (χ0) is 25.1. The molecule has 3 heterocycles. The number of rotatable bonds is 4. The number of nitrogens with one attached hydrogen (secondary N) is 1. The number of nitriles is 1. The van der Waals surface area contributed by atoms with Gasteiger partial charge in [-0.1, -0.05) is 17.7 Å². The Morgan fingerprint density at radius 1 is 1.31 bits per heavy atom. The number of hydrogen-bond acceptors (Lipinski definition) is 7. The molecule has 0 spiro atoms. The molecule has 12 heteroatoms. The maximum Gasteiger partial charge on any atom is 0.436 e. The van der Waals surface area contributed by atoms with Gasteiger partial charge in [0.15, 0.2) is 11.3 Å². The zero-order valence-electron chi connectivity index (χ0n) is 18.2. The molecule has 8 nitrogen and oxygen atoms in total. The van der Waals surface area contributed by atoms with Crippen molar-refractivity contribution in [2.24, 2.45) is 0 Å². The van der Waals surface area contributed by atoms with Crippen molar-refractivity contribution in [3.8, 4) is 17.2 Å². The van der Waals surface area contributed by atoms with E-state index in [1.54, 1.807) is 43.5 Å². The fraction of sp³-hybridized carbons (Fsp3) is 0.304. The predicted molar refractivity (Wildman–Crippen MR) is 122 cm³/mol. The first-order chi connectivity index (χ1) is 16.6. The van der Waals surface area contributed by atoms with Crippen LogP contribution in [0.1, 0.15) is 29.8 Å². The quantitative estimate of drug-likeness (QED) is 0.384. The second-order valence-corrected chi connectivity index (χ2v) is 9.07. The van der Waals surface area contributed by atoms with Crippen LogP contribution >= 0.6 is 11.6 Å². The summed E-state index contributed by atoms with van der Waals surface area (Å²) in [4.78, 5) is 8.67. The van der Waals surface area contributed by atoms with E-state index in [1.807, 2.05) is 0 Å². The van der Waals surface area contributed by atoms with E-state index in [2.05, 4.69) is 20.4 Å². The maximum absolute atomic E-state index is 13.7.